The van der Waals surface area contributed by atoms with E-state index < -0.39 is 4.92 Å². The maximum atomic E-state index is 12.0. The zero-order valence-corrected chi connectivity index (χ0v) is 9.13. The molecule has 1 saturated carbocycles. The summed E-state index contributed by atoms with van der Waals surface area (Å²) in [5, 5.41) is 19.4. The predicted octanol–water partition coefficient (Wildman–Crippen LogP) is 0.520. The van der Waals surface area contributed by atoms with Gasteiger partial charge < -0.3 is 15.0 Å². The van der Waals surface area contributed by atoms with Crippen LogP contribution in [-0.2, 0) is 0 Å². The summed E-state index contributed by atoms with van der Waals surface area (Å²) >= 11 is 0. The Morgan fingerprint density at radius 3 is 2.82 bits per heavy atom. The molecule has 92 valence electrons. The molecule has 2 rings (SSSR count). The second-order valence-corrected chi connectivity index (χ2v) is 3.98. The van der Waals surface area contributed by atoms with Crippen LogP contribution in [0.3, 0.4) is 0 Å². The van der Waals surface area contributed by atoms with Crippen molar-refractivity contribution in [1.82, 2.24) is 9.88 Å². The summed E-state index contributed by atoms with van der Waals surface area (Å²) in [5.74, 6) is -0.297. The molecule has 0 unspecified atom stereocenters. The summed E-state index contributed by atoms with van der Waals surface area (Å²) in [5.41, 5.74) is 0.0603. The van der Waals surface area contributed by atoms with Crippen molar-refractivity contribution >= 4 is 11.6 Å². The zero-order valence-electron chi connectivity index (χ0n) is 9.13. The van der Waals surface area contributed by atoms with Gasteiger partial charge in [0, 0.05) is 18.7 Å². The summed E-state index contributed by atoms with van der Waals surface area (Å²) in [6.07, 6.45) is 3.04. The molecular weight excluding hydrogens is 226 g/mol. The highest BCUT2D eigenvalue weighted by Gasteiger charge is 2.33. The van der Waals surface area contributed by atoms with Crippen LogP contribution in [0.1, 0.15) is 23.3 Å². The van der Waals surface area contributed by atoms with Crippen LogP contribution in [0.5, 0.6) is 0 Å². The average Bonchev–Trinajstić information content (AvgIpc) is 3.00. The molecule has 0 saturated heterocycles. The lowest BCUT2D eigenvalue weighted by molar-refractivity contribution is -0.384. The lowest BCUT2D eigenvalue weighted by atomic mass is 10.3. The number of aromatic nitrogens is 1. The number of carbonyl (C=O) groups excluding carboxylic acids is 1. The minimum atomic E-state index is -0.555. The third kappa shape index (κ3) is 2.44. The Morgan fingerprint density at radius 2 is 2.35 bits per heavy atom. The molecule has 1 amide bonds. The van der Waals surface area contributed by atoms with Gasteiger partial charge in [-0.15, -0.1) is 0 Å². The summed E-state index contributed by atoms with van der Waals surface area (Å²) in [6.45, 7) is 0.154. The Hall–Kier alpha value is -1.89. The maximum absolute atomic E-state index is 12.0. The highest BCUT2D eigenvalue weighted by molar-refractivity contribution is 5.93. The van der Waals surface area contributed by atoms with Crippen LogP contribution in [0.2, 0.25) is 0 Å². The van der Waals surface area contributed by atoms with Crippen molar-refractivity contribution in [3.63, 3.8) is 0 Å². The number of aliphatic hydroxyl groups is 1. The van der Waals surface area contributed by atoms with Crippen molar-refractivity contribution in [3.8, 4) is 0 Å². The summed E-state index contributed by atoms with van der Waals surface area (Å²) < 4.78 is 0. The fraction of sp³-hybridized carbons (Fsp3) is 0.500. The molecule has 0 atom stereocenters. The Morgan fingerprint density at radius 1 is 1.65 bits per heavy atom. The number of nitro groups is 1. The summed E-state index contributed by atoms with van der Waals surface area (Å²) in [4.78, 5) is 26.1. The highest BCUT2D eigenvalue weighted by atomic mass is 16.6. The van der Waals surface area contributed by atoms with Crippen molar-refractivity contribution in [3.05, 3.63) is 28.1 Å². The number of H-pyrrole nitrogens is 1. The van der Waals surface area contributed by atoms with Gasteiger partial charge in [0.2, 0.25) is 0 Å². The van der Waals surface area contributed by atoms with E-state index in [0.29, 0.717) is 0 Å². The topological polar surface area (TPSA) is 99.5 Å². The minimum absolute atomic E-state index is 0.106. The fourth-order valence-corrected chi connectivity index (χ4v) is 1.71. The molecule has 1 aromatic heterocycles. The van der Waals surface area contributed by atoms with Gasteiger partial charge in [-0.1, -0.05) is 0 Å². The van der Waals surface area contributed by atoms with Gasteiger partial charge in [-0.2, -0.15) is 0 Å². The standard InChI is InChI=1S/C10H13N3O4/c14-4-3-12(7-1-2-7)10(15)9-5-8(6-11-9)13(16)17/h5-7,11,14H,1-4H2. The number of amides is 1. The van der Waals surface area contributed by atoms with Gasteiger partial charge in [0.15, 0.2) is 0 Å². The predicted molar refractivity (Wildman–Crippen MR) is 58.6 cm³/mol. The van der Waals surface area contributed by atoms with Gasteiger partial charge in [0.05, 0.1) is 17.7 Å². The molecule has 0 spiro atoms. The minimum Gasteiger partial charge on any atom is -0.395 e. The van der Waals surface area contributed by atoms with Crippen molar-refractivity contribution < 1.29 is 14.8 Å². The first-order valence-corrected chi connectivity index (χ1v) is 5.38. The molecule has 1 fully saturated rings. The van der Waals surface area contributed by atoms with Crippen LogP contribution in [0, 0.1) is 10.1 Å². The van der Waals surface area contributed by atoms with Crippen LogP contribution in [-0.4, -0.2) is 45.0 Å². The fourth-order valence-electron chi connectivity index (χ4n) is 1.71. The first kappa shape index (κ1) is 11.6. The maximum Gasteiger partial charge on any atom is 0.287 e. The number of aromatic amines is 1. The van der Waals surface area contributed by atoms with Gasteiger partial charge in [0.1, 0.15) is 5.69 Å². The Labute approximate surface area is 97.2 Å². The van der Waals surface area contributed by atoms with Crippen LogP contribution in [0.25, 0.3) is 0 Å². The molecule has 17 heavy (non-hydrogen) atoms. The number of rotatable bonds is 5. The molecule has 7 heteroatoms. The van der Waals surface area contributed by atoms with E-state index in [4.69, 9.17) is 5.11 Å². The lowest BCUT2D eigenvalue weighted by Gasteiger charge is -2.20. The number of hydrogen-bond acceptors (Lipinski definition) is 4. The number of carbonyl (C=O) groups is 1. The van der Waals surface area contributed by atoms with E-state index in [-0.39, 0.29) is 36.5 Å². The Balaban J connectivity index is 2.13. The normalized spacial score (nSPS) is 14.6. The van der Waals surface area contributed by atoms with E-state index in [1.807, 2.05) is 0 Å². The van der Waals surface area contributed by atoms with Crippen molar-refractivity contribution in [2.45, 2.75) is 18.9 Å². The molecule has 1 aliphatic carbocycles. The Bertz CT molecular complexity index is 439. The number of hydrogen-bond donors (Lipinski definition) is 2. The van der Waals surface area contributed by atoms with Gasteiger partial charge >= 0.3 is 0 Å². The van der Waals surface area contributed by atoms with Crippen LogP contribution in [0.15, 0.2) is 12.3 Å². The molecule has 7 nitrogen and oxygen atoms in total. The molecule has 0 aliphatic heterocycles. The van der Waals surface area contributed by atoms with E-state index >= 15 is 0 Å². The number of nitrogens with zero attached hydrogens (tertiary/aromatic N) is 2. The van der Waals surface area contributed by atoms with Gasteiger partial charge in [0.25, 0.3) is 11.6 Å². The van der Waals surface area contributed by atoms with Gasteiger partial charge in [-0.25, -0.2) is 0 Å². The van der Waals surface area contributed by atoms with E-state index in [1.54, 1.807) is 4.90 Å². The Kier molecular flexibility index (Phi) is 3.10. The quantitative estimate of drug-likeness (QED) is 0.578. The monoisotopic (exact) mass is 239 g/mol. The number of nitrogens with one attached hydrogen (secondary N) is 1. The lowest BCUT2D eigenvalue weighted by Crippen LogP contribution is -2.35. The molecule has 0 aromatic carbocycles. The van der Waals surface area contributed by atoms with E-state index in [0.717, 1.165) is 12.8 Å². The molecular formula is C10H13N3O4. The molecule has 1 aliphatic rings. The van der Waals surface area contributed by atoms with E-state index in [9.17, 15) is 14.9 Å². The second-order valence-electron chi connectivity index (χ2n) is 3.98. The smallest absolute Gasteiger partial charge is 0.287 e. The van der Waals surface area contributed by atoms with Crippen LogP contribution in [0.4, 0.5) is 5.69 Å². The molecule has 0 bridgehead atoms. The first-order chi connectivity index (χ1) is 8.13. The summed E-state index contributed by atoms with van der Waals surface area (Å²) in [6, 6.07) is 1.38. The van der Waals surface area contributed by atoms with Crippen LogP contribution < -0.4 is 0 Å². The van der Waals surface area contributed by atoms with E-state index in [1.165, 1.54) is 12.3 Å². The third-order valence-electron chi connectivity index (χ3n) is 2.70. The SMILES string of the molecule is O=C(c1cc([N+](=O)[O-])c[nH]1)N(CCO)C1CC1. The molecule has 2 N–H and O–H groups in total. The molecule has 1 heterocycles. The van der Waals surface area contributed by atoms with Crippen molar-refractivity contribution in [2.75, 3.05) is 13.2 Å². The van der Waals surface area contributed by atoms with Gasteiger partial charge in [-0.05, 0) is 12.8 Å². The number of aliphatic hydroxyl groups excluding tert-OH is 1. The second kappa shape index (κ2) is 4.54. The highest BCUT2D eigenvalue weighted by Crippen LogP contribution is 2.28. The molecule has 1 aromatic rings. The van der Waals surface area contributed by atoms with Crippen molar-refractivity contribution in [1.29, 1.82) is 0 Å². The van der Waals surface area contributed by atoms with Crippen molar-refractivity contribution in [2.24, 2.45) is 0 Å². The zero-order chi connectivity index (χ0) is 12.4. The molecule has 0 radical (unpaired) electrons. The summed E-state index contributed by atoms with van der Waals surface area (Å²) in [7, 11) is 0. The average molecular weight is 239 g/mol. The largest absolute Gasteiger partial charge is 0.395 e. The van der Waals surface area contributed by atoms with E-state index in [2.05, 4.69) is 4.98 Å². The van der Waals surface area contributed by atoms with Gasteiger partial charge in [-0.3, -0.25) is 14.9 Å². The van der Waals surface area contributed by atoms with Crippen LogP contribution >= 0.6 is 0 Å². The first-order valence-electron chi connectivity index (χ1n) is 5.38. The third-order valence-corrected chi connectivity index (χ3v) is 2.70.